The van der Waals surface area contributed by atoms with Gasteiger partial charge in [0.2, 0.25) is 10.0 Å². The Bertz CT molecular complexity index is 627. The molecule has 6 nitrogen and oxygen atoms in total. The minimum absolute atomic E-state index is 0.0331. The summed E-state index contributed by atoms with van der Waals surface area (Å²) >= 11 is 0. The first-order chi connectivity index (χ1) is 10.1. The lowest BCUT2D eigenvalue weighted by atomic mass is 10.1. The monoisotopic (exact) mass is 327 g/mol. The van der Waals surface area contributed by atoms with Crippen LogP contribution in [-0.2, 0) is 10.0 Å². The van der Waals surface area contributed by atoms with Gasteiger partial charge in [-0.25, -0.2) is 13.2 Å². The summed E-state index contributed by atoms with van der Waals surface area (Å²) < 4.78 is 25.3. The molecule has 0 saturated carbocycles. The summed E-state index contributed by atoms with van der Waals surface area (Å²) in [6.45, 7) is 8.05. The van der Waals surface area contributed by atoms with Gasteiger partial charge in [0.1, 0.15) is 0 Å². The molecule has 22 heavy (non-hydrogen) atoms. The molecule has 0 aliphatic carbocycles. The number of carbonyl (C=O) groups is 1. The van der Waals surface area contributed by atoms with Gasteiger partial charge in [0.15, 0.2) is 0 Å². The highest BCUT2D eigenvalue weighted by atomic mass is 32.2. The van der Waals surface area contributed by atoms with E-state index in [1.165, 1.54) is 4.31 Å². The summed E-state index contributed by atoms with van der Waals surface area (Å²) in [5.41, 5.74) is 2.74. The standard InChI is InChI=1S/C15H25N3O3S/c1-11(2)17-15(19)16-8-9-18(22(5,20)21)14-7-6-12(3)13(4)10-14/h6-7,10-11H,8-9H2,1-5H3,(H2,16,17,19). The van der Waals surface area contributed by atoms with Crippen LogP contribution < -0.4 is 14.9 Å². The zero-order chi connectivity index (χ0) is 16.9. The molecule has 124 valence electrons. The first kappa shape index (κ1) is 18.3. The summed E-state index contributed by atoms with van der Waals surface area (Å²) in [4.78, 5) is 11.5. The Balaban J connectivity index is 2.79. The second-order valence-corrected chi connectivity index (χ2v) is 7.57. The molecule has 1 aromatic carbocycles. The number of urea groups is 1. The SMILES string of the molecule is Cc1ccc(N(CCNC(=O)NC(C)C)S(C)(=O)=O)cc1C. The molecule has 0 bridgehead atoms. The zero-order valence-corrected chi connectivity index (χ0v) is 14.6. The summed E-state index contributed by atoms with van der Waals surface area (Å²) in [6.07, 6.45) is 1.16. The van der Waals surface area contributed by atoms with E-state index >= 15 is 0 Å². The molecule has 1 aromatic rings. The lowest BCUT2D eigenvalue weighted by Crippen LogP contribution is -2.43. The van der Waals surface area contributed by atoms with Crippen molar-refractivity contribution in [3.63, 3.8) is 0 Å². The molecule has 1 rings (SSSR count). The van der Waals surface area contributed by atoms with E-state index in [4.69, 9.17) is 0 Å². The van der Waals surface area contributed by atoms with Crippen molar-refractivity contribution in [3.05, 3.63) is 29.3 Å². The largest absolute Gasteiger partial charge is 0.336 e. The molecular formula is C15H25N3O3S. The zero-order valence-electron chi connectivity index (χ0n) is 13.8. The molecule has 0 aromatic heterocycles. The number of hydrogen-bond donors (Lipinski definition) is 2. The summed E-state index contributed by atoms with van der Waals surface area (Å²) in [5.74, 6) is 0. The molecule has 0 saturated heterocycles. The van der Waals surface area contributed by atoms with Crippen molar-refractivity contribution < 1.29 is 13.2 Å². The molecule has 0 heterocycles. The number of aryl methyl sites for hydroxylation is 2. The Labute approximate surface area is 132 Å². The Morgan fingerprint density at radius 3 is 2.36 bits per heavy atom. The Morgan fingerprint density at radius 2 is 1.86 bits per heavy atom. The van der Waals surface area contributed by atoms with Gasteiger partial charge in [-0.1, -0.05) is 6.07 Å². The van der Waals surface area contributed by atoms with E-state index in [9.17, 15) is 13.2 Å². The number of benzene rings is 1. The number of nitrogens with one attached hydrogen (secondary N) is 2. The Morgan fingerprint density at radius 1 is 1.23 bits per heavy atom. The summed E-state index contributed by atoms with van der Waals surface area (Å²) in [7, 11) is -3.41. The van der Waals surface area contributed by atoms with Crippen LogP contribution in [0.5, 0.6) is 0 Å². The van der Waals surface area contributed by atoms with Crippen LogP contribution in [0.2, 0.25) is 0 Å². The second kappa shape index (κ2) is 7.49. The van der Waals surface area contributed by atoms with E-state index in [0.717, 1.165) is 17.4 Å². The van der Waals surface area contributed by atoms with Crippen molar-refractivity contribution in [1.82, 2.24) is 10.6 Å². The number of amides is 2. The van der Waals surface area contributed by atoms with Crippen LogP contribution in [0.15, 0.2) is 18.2 Å². The van der Waals surface area contributed by atoms with Gasteiger partial charge in [-0.3, -0.25) is 4.31 Å². The minimum Gasteiger partial charge on any atom is -0.336 e. The van der Waals surface area contributed by atoms with Crippen LogP contribution in [0, 0.1) is 13.8 Å². The third-order valence-corrected chi connectivity index (χ3v) is 4.39. The molecule has 0 atom stereocenters. The van der Waals surface area contributed by atoms with E-state index in [-0.39, 0.29) is 25.2 Å². The van der Waals surface area contributed by atoms with Gasteiger partial charge in [-0.2, -0.15) is 0 Å². The molecule has 0 unspecified atom stereocenters. The van der Waals surface area contributed by atoms with Crippen molar-refractivity contribution in [3.8, 4) is 0 Å². The lowest BCUT2D eigenvalue weighted by Gasteiger charge is -2.23. The van der Waals surface area contributed by atoms with Crippen molar-refractivity contribution in [2.45, 2.75) is 33.7 Å². The number of carbonyl (C=O) groups excluding carboxylic acids is 1. The average molecular weight is 327 g/mol. The topological polar surface area (TPSA) is 78.5 Å². The third kappa shape index (κ3) is 5.55. The van der Waals surface area contributed by atoms with Crippen LogP contribution in [0.25, 0.3) is 0 Å². The van der Waals surface area contributed by atoms with Gasteiger partial charge in [-0.05, 0) is 51.0 Å². The van der Waals surface area contributed by atoms with Crippen molar-refractivity contribution in [2.75, 3.05) is 23.7 Å². The van der Waals surface area contributed by atoms with E-state index in [1.54, 1.807) is 6.07 Å². The van der Waals surface area contributed by atoms with E-state index in [1.807, 2.05) is 39.8 Å². The number of rotatable bonds is 6. The first-order valence-electron chi connectivity index (χ1n) is 7.20. The second-order valence-electron chi connectivity index (χ2n) is 5.66. The molecule has 7 heteroatoms. The number of sulfonamides is 1. The average Bonchev–Trinajstić information content (AvgIpc) is 2.36. The van der Waals surface area contributed by atoms with Crippen molar-refractivity contribution in [1.29, 1.82) is 0 Å². The molecule has 0 spiro atoms. The van der Waals surface area contributed by atoms with E-state index in [2.05, 4.69) is 10.6 Å². The molecule has 0 aliphatic rings. The quantitative estimate of drug-likeness (QED) is 0.836. The van der Waals surface area contributed by atoms with Gasteiger partial charge in [0.05, 0.1) is 18.5 Å². The maximum atomic E-state index is 12.0. The van der Waals surface area contributed by atoms with Gasteiger partial charge < -0.3 is 10.6 Å². The summed E-state index contributed by atoms with van der Waals surface area (Å²) in [6, 6.07) is 5.23. The number of anilines is 1. The minimum atomic E-state index is -3.41. The highest BCUT2D eigenvalue weighted by molar-refractivity contribution is 7.92. The predicted molar refractivity (Wildman–Crippen MR) is 89.8 cm³/mol. The Hall–Kier alpha value is -1.76. The van der Waals surface area contributed by atoms with Crippen molar-refractivity contribution >= 4 is 21.7 Å². The fourth-order valence-corrected chi connectivity index (χ4v) is 2.87. The molecule has 2 amide bonds. The van der Waals surface area contributed by atoms with Crippen LogP contribution in [0.1, 0.15) is 25.0 Å². The highest BCUT2D eigenvalue weighted by Gasteiger charge is 2.17. The molecule has 0 radical (unpaired) electrons. The first-order valence-corrected chi connectivity index (χ1v) is 9.05. The van der Waals surface area contributed by atoms with E-state index < -0.39 is 10.0 Å². The van der Waals surface area contributed by atoms with Crippen molar-refractivity contribution in [2.24, 2.45) is 0 Å². The predicted octanol–water partition coefficient (Wildman–Crippen LogP) is 1.78. The number of hydrogen-bond acceptors (Lipinski definition) is 3. The molecular weight excluding hydrogens is 302 g/mol. The fraction of sp³-hybridized carbons (Fsp3) is 0.533. The van der Waals surface area contributed by atoms with Crippen LogP contribution in [0.4, 0.5) is 10.5 Å². The lowest BCUT2D eigenvalue weighted by molar-refractivity contribution is 0.239. The summed E-state index contributed by atoms with van der Waals surface area (Å²) in [5, 5.41) is 5.35. The molecule has 0 aliphatic heterocycles. The maximum Gasteiger partial charge on any atom is 0.315 e. The molecule has 2 N–H and O–H groups in total. The van der Waals surface area contributed by atoms with E-state index in [0.29, 0.717) is 5.69 Å². The maximum absolute atomic E-state index is 12.0. The smallest absolute Gasteiger partial charge is 0.315 e. The highest BCUT2D eigenvalue weighted by Crippen LogP contribution is 2.20. The van der Waals surface area contributed by atoms with Gasteiger partial charge in [0, 0.05) is 12.6 Å². The fourth-order valence-electron chi connectivity index (χ4n) is 1.95. The Kier molecular flexibility index (Phi) is 6.22. The van der Waals surface area contributed by atoms with Crippen LogP contribution in [0.3, 0.4) is 0 Å². The van der Waals surface area contributed by atoms with Gasteiger partial charge >= 0.3 is 6.03 Å². The third-order valence-electron chi connectivity index (χ3n) is 3.20. The number of nitrogens with zero attached hydrogens (tertiary/aromatic N) is 1. The van der Waals surface area contributed by atoms with Crippen LogP contribution in [-0.4, -0.2) is 39.8 Å². The molecule has 0 fully saturated rings. The van der Waals surface area contributed by atoms with Gasteiger partial charge in [-0.15, -0.1) is 0 Å². The van der Waals surface area contributed by atoms with Crippen LogP contribution >= 0.6 is 0 Å². The van der Waals surface area contributed by atoms with Gasteiger partial charge in [0.25, 0.3) is 0 Å². The normalized spacial score (nSPS) is 11.4.